The first-order valence-electron chi connectivity index (χ1n) is 2.77. The first-order valence-corrected chi connectivity index (χ1v) is 6.72. The molecular weight excluding hydrogens is 279 g/mol. The van der Waals surface area contributed by atoms with Gasteiger partial charge in [0.2, 0.25) is 0 Å². The Hall–Kier alpha value is -0.300. The highest BCUT2D eigenvalue weighted by molar-refractivity contribution is 14.2. The molecule has 0 saturated heterocycles. The quantitative estimate of drug-likeness (QED) is 0.614. The van der Waals surface area contributed by atoms with Crippen LogP contribution in [0.1, 0.15) is 0 Å². The second-order valence-corrected chi connectivity index (χ2v) is 5.98. The maximum Gasteiger partial charge on any atom is 0.364 e. The van der Waals surface area contributed by atoms with Crippen LogP contribution in [0.25, 0.3) is 0 Å². The lowest BCUT2D eigenvalue weighted by Gasteiger charge is -1.98. The van der Waals surface area contributed by atoms with E-state index < -0.39 is 7.29 Å². The molecule has 0 saturated carbocycles. The van der Waals surface area contributed by atoms with Gasteiger partial charge in [0.15, 0.2) is 0 Å². The van der Waals surface area contributed by atoms with Gasteiger partial charge in [0.1, 0.15) is 27.0 Å². The summed E-state index contributed by atoms with van der Waals surface area (Å²) < 4.78 is 25.7. The van der Waals surface area contributed by atoms with E-state index >= 15 is 0 Å². The Kier molecular flexibility index (Phi) is 2.72. The van der Waals surface area contributed by atoms with Crippen LogP contribution >= 0.6 is 21.2 Å². The van der Waals surface area contributed by atoms with Crippen molar-refractivity contribution in [1.29, 1.82) is 0 Å². The minimum atomic E-state index is -3.41. The molecule has 0 fully saturated rings. The second kappa shape index (κ2) is 3.40. The highest BCUT2D eigenvalue weighted by atomic mass is 127. The van der Waals surface area contributed by atoms with Crippen molar-refractivity contribution in [3.05, 3.63) is 30.3 Å². The zero-order valence-electron chi connectivity index (χ0n) is 5.40. The van der Waals surface area contributed by atoms with Gasteiger partial charge in [0, 0.05) is 0 Å². The van der Waals surface area contributed by atoms with Gasteiger partial charge in [-0.25, -0.2) is 0 Å². The minimum Gasteiger partial charge on any atom is -0.375 e. The standard InChI is InChI=1S/C6H5IO3S/c7-11(8,9)10-6-4-2-1-3-5-6/h1-5H. The van der Waals surface area contributed by atoms with Crippen LogP contribution in [0.4, 0.5) is 0 Å². The maximum absolute atomic E-state index is 10.6. The van der Waals surface area contributed by atoms with Crippen molar-refractivity contribution in [1.82, 2.24) is 0 Å². The molecule has 0 aliphatic carbocycles. The molecule has 3 nitrogen and oxygen atoms in total. The Balaban J connectivity index is 2.82. The molecule has 0 aliphatic rings. The van der Waals surface area contributed by atoms with Gasteiger partial charge in [-0.3, -0.25) is 0 Å². The lowest BCUT2D eigenvalue weighted by Crippen LogP contribution is -1.98. The summed E-state index contributed by atoms with van der Waals surface area (Å²) in [7, 11) is -3.41. The van der Waals surface area contributed by atoms with E-state index in [-0.39, 0.29) is 0 Å². The third-order valence-corrected chi connectivity index (χ3v) is 1.87. The predicted molar refractivity (Wildman–Crippen MR) is 50.0 cm³/mol. The molecule has 0 heterocycles. The highest BCUT2D eigenvalue weighted by Crippen LogP contribution is 2.14. The van der Waals surface area contributed by atoms with Gasteiger partial charge in [-0.05, 0) is 12.1 Å². The summed E-state index contributed by atoms with van der Waals surface area (Å²) >= 11 is 1.23. The molecule has 60 valence electrons. The van der Waals surface area contributed by atoms with Crippen LogP contribution in [0.5, 0.6) is 5.75 Å². The van der Waals surface area contributed by atoms with Crippen LogP contribution in [0.2, 0.25) is 0 Å². The topological polar surface area (TPSA) is 43.4 Å². The molecule has 1 rings (SSSR count). The fourth-order valence-corrected chi connectivity index (χ4v) is 1.55. The van der Waals surface area contributed by atoms with E-state index in [0.29, 0.717) is 5.75 Å². The van der Waals surface area contributed by atoms with E-state index in [1.165, 1.54) is 21.2 Å². The van der Waals surface area contributed by atoms with Gasteiger partial charge >= 0.3 is 7.29 Å². The molecule has 5 heteroatoms. The Morgan fingerprint density at radius 1 is 1.18 bits per heavy atom. The Labute approximate surface area is 77.1 Å². The van der Waals surface area contributed by atoms with Crippen molar-refractivity contribution < 1.29 is 12.6 Å². The molecule has 0 amide bonds. The molecular formula is C6H5IO3S. The van der Waals surface area contributed by atoms with Crippen LogP contribution in [0.3, 0.4) is 0 Å². The number of hydrogen-bond donors (Lipinski definition) is 0. The Morgan fingerprint density at radius 2 is 1.73 bits per heavy atom. The van der Waals surface area contributed by atoms with Gasteiger partial charge < -0.3 is 4.18 Å². The zero-order chi connectivity index (χ0) is 8.32. The zero-order valence-corrected chi connectivity index (χ0v) is 8.37. The minimum absolute atomic E-state index is 0.335. The van der Waals surface area contributed by atoms with E-state index in [9.17, 15) is 8.42 Å². The highest BCUT2D eigenvalue weighted by Gasteiger charge is 2.03. The summed E-state index contributed by atoms with van der Waals surface area (Å²) in [4.78, 5) is 0. The van der Waals surface area contributed by atoms with Gasteiger partial charge in [0.05, 0.1) is 0 Å². The van der Waals surface area contributed by atoms with Gasteiger partial charge in [0.25, 0.3) is 0 Å². The van der Waals surface area contributed by atoms with E-state index in [0.717, 1.165) is 0 Å². The van der Waals surface area contributed by atoms with Gasteiger partial charge in [-0.2, -0.15) is 8.42 Å². The summed E-state index contributed by atoms with van der Waals surface area (Å²) in [5, 5.41) is 0. The SMILES string of the molecule is O=S(=O)(I)Oc1ccccc1. The van der Waals surface area contributed by atoms with Crippen LogP contribution < -0.4 is 4.18 Å². The van der Waals surface area contributed by atoms with Crippen LogP contribution in [0.15, 0.2) is 30.3 Å². The van der Waals surface area contributed by atoms with Crippen molar-refractivity contribution in [2.75, 3.05) is 0 Å². The fourth-order valence-electron chi connectivity index (χ4n) is 0.591. The first-order chi connectivity index (χ1) is 5.08. The van der Waals surface area contributed by atoms with E-state index in [4.69, 9.17) is 0 Å². The van der Waals surface area contributed by atoms with Crippen LogP contribution in [-0.4, -0.2) is 8.42 Å². The molecule has 0 N–H and O–H groups in total. The molecule has 0 radical (unpaired) electrons. The molecule has 0 bridgehead atoms. The summed E-state index contributed by atoms with van der Waals surface area (Å²) in [6, 6.07) is 8.35. The summed E-state index contributed by atoms with van der Waals surface area (Å²) in [5.41, 5.74) is 0. The number of hydrogen-bond acceptors (Lipinski definition) is 3. The molecule has 11 heavy (non-hydrogen) atoms. The molecule has 1 aromatic rings. The average molecular weight is 284 g/mol. The van der Waals surface area contributed by atoms with Crippen molar-refractivity contribution in [2.45, 2.75) is 0 Å². The number of rotatable bonds is 2. The second-order valence-electron chi connectivity index (χ2n) is 1.79. The predicted octanol–water partition coefficient (Wildman–Crippen LogP) is 1.75. The van der Waals surface area contributed by atoms with Crippen molar-refractivity contribution in [3.63, 3.8) is 0 Å². The molecule has 0 aliphatic heterocycles. The van der Waals surface area contributed by atoms with Crippen LogP contribution in [0, 0.1) is 0 Å². The van der Waals surface area contributed by atoms with E-state index in [2.05, 4.69) is 4.18 Å². The Morgan fingerprint density at radius 3 is 2.18 bits per heavy atom. The average Bonchev–Trinajstić information content (AvgIpc) is 1.85. The summed E-state index contributed by atoms with van der Waals surface area (Å²) in [6.45, 7) is 0. The largest absolute Gasteiger partial charge is 0.375 e. The molecule has 1 aromatic carbocycles. The molecule has 0 aromatic heterocycles. The first kappa shape index (κ1) is 8.79. The third kappa shape index (κ3) is 3.57. The van der Waals surface area contributed by atoms with E-state index in [1.54, 1.807) is 30.3 Å². The normalized spacial score (nSPS) is 11.0. The number of benzene rings is 1. The van der Waals surface area contributed by atoms with Gasteiger partial charge in [-0.1, -0.05) is 18.2 Å². The van der Waals surface area contributed by atoms with Crippen LogP contribution in [-0.2, 0) is 7.29 Å². The molecule has 0 unspecified atom stereocenters. The lowest BCUT2D eigenvalue weighted by molar-refractivity contribution is 0.508. The van der Waals surface area contributed by atoms with E-state index in [1.807, 2.05) is 0 Å². The number of halogens is 1. The molecule has 0 atom stereocenters. The summed E-state index contributed by atoms with van der Waals surface area (Å²) in [6.07, 6.45) is 0. The van der Waals surface area contributed by atoms with Crippen molar-refractivity contribution in [2.24, 2.45) is 0 Å². The fraction of sp³-hybridized carbons (Fsp3) is 0. The smallest absolute Gasteiger partial charge is 0.364 e. The maximum atomic E-state index is 10.6. The Bertz CT molecular complexity index is 319. The van der Waals surface area contributed by atoms with Crippen molar-refractivity contribution in [3.8, 4) is 5.75 Å². The molecule has 0 spiro atoms. The lowest BCUT2D eigenvalue weighted by atomic mass is 10.3. The summed E-state index contributed by atoms with van der Waals surface area (Å²) in [5.74, 6) is 0.335. The monoisotopic (exact) mass is 284 g/mol. The van der Waals surface area contributed by atoms with Gasteiger partial charge in [-0.15, -0.1) is 0 Å². The van der Waals surface area contributed by atoms with Crippen molar-refractivity contribution >= 4 is 28.5 Å². The third-order valence-electron chi connectivity index (χ3n) is 0.939. The number of para-hydroxylation sites is 1.